The van der Waals surface area contributed by atoms with Crippen LogP contribution in [0.2, 0.25) is 0 Å². The predicted molar refractivity (Wildman–Crippen MR) is 83.6 cm³/mol. The molecule has 0 bridgehead atoms. The van der Waals surface area contributed by atoms with Crippen LogP contribution in [0.3, 0.4) is 0 Å². The van der Waals surface area contributed by atoms with Crippen molar-refractivity contribution in [3.05, 3.63) is 29.8 Å². The Balaban J connectivity index is 1.96. The third-order valence-electron chi connectivity index (χ3n) is 3.61. The first-order chi connectivity index (χ1) is 11.6. The predicted octanol–water partition coefficient (Wildman–Crippen LogP) is 2.61. The van der Waals surface area contributed by atoms with Crippen LogP contribution < -0.4 is 10.6 Å². The van der Waals surface area contributed by atoms with Crippen LogP contribution in [0.1, 0.15) is 25.8 Å². The van der Waals surface area contributed by atoms with E-state index in [2.05, 4.69) is 10.6 Å². The lowest BCUT2D eigenvalue weighted by atomic mass is 10.0. The minimum absolute atomic E-state index is 0.142. The highest BCUT2D eigenvalue weighted by Crippen LogP contribution is 2.29. The van der Waals surface area contributed by atoms with Gasteiger partial charge in [0.2, 0.25) is 5.91 Å². The monoisotopic (exact) mass is 357 g/mol. The molecule has 0 aromatic heterocycles. The van der Waals surface area contributed by atoms with E-state index < -0.39 is 42.2 Å². The van der Waals surface area contributed by atoms with Crippen molar-refractivity contribution in [3.8, 4) is 0 Å². The van der Waals surface area contributed by atoms with Crippen LogP contribution in [0.4, 0.5) is 23.7 Å². The summed E-state index contributed by atoms with van der Waals surface area (Å²) in [5, 5.41) is 4.87. The Hall–Kier alpha value is -2.58. The zero-order valence-electron chi connectivity index (χ0n) is 13.7. The van der Waals surface area contributed by atoms with Crippen LogP contribution >= 0.6 is 0 Å². The van der Waals surface area contributed by atoms with Gasteiger partial charge < -0.3 is 10.6 Å². The van der Waals surface area contributed by atoms with Crippen molar-refractivity contribution in [3.63, 3.8) is 0 Å². The van der Waals surface area contributed by atoms with Crippen molar-refractivity contribution in [2.75, 3.05) is 11.9 Å². The van der Waals surface area contributed by atoms with Crippen LogP contribution in [-0.2, 0) is 15.8 Å². The van der Waals surface area contributed by atoms with E-state index in [1.807, 2.05) is 13.8 Å². The fourth-order valence-electron chi connectivity index (χ4n) is 2.44. The third kappa shape index (κ3) is 4.71. The number of hydrogen-bond acceptors (Lipinski definition) is 3. The molecule has 1 fully saturated rings. The zero-order valence-corrected chi connectivity index (χ0v) is 13.7. The van der Waals surface area contributed by atoms with Gasteiger partial charge in [-0.3, -0.25) is 14.5 Å². The van der Waals surface area contributed by atoms with Gasteiger partial charge in [0.15, 0.2) is 0 Å². The number of halogens is 3. The molecule has 1 heterocycles. The number of benzene rings is 1. The number of nitrogens with zero attached hydrogens (tertiary/aromatic N) is 1. The molecule has 2 N–H and O–H groups in total. The van der Waals surface area contributed by atoms with E-state index in [4.69, 9.17) is 0 Å². The molecular formula is C16H18F3N3O3. The van der Waals surface area contributed by atoms with Crippen molar-refractivity contribution < 1.29 is 27.6 Å². The number of rotatable bonds is 5. The van der Waals surface area contributed by atoms with Gasteiger partial charge in [-0.2, -0.15) is 13.2 Å². The van der Waals surface area contributed by atoms with Crippen molar-refractivity contribution in [2.24, 2.45) is 5.92 Å². The molecule has 0 spiro atoms. The van der Waals surface area contributed by atoms with Gasteiger partial charge in [0.05, 0.1) is 5.56 Å². The van der Waals surface area contributed by atoms with Gasteiger partial charge in [-0.1, -0.05) is 13.8 Å². The van der Waals surface area contributed by atoms with Crippen LogP contribution in [0.15, 0.2) is 24.3 Å². The highest BCUT2D eigenvalue weighted by atomic mass is 19.4. The summed E-state index contributed by atoms with van der Waals surface area (Å²) >= 11 is 0. The SMILES string of the molecule is CC(C)CC1NC(=O)N(CC(=O)Nc2ccc(C(F)(F)F)cc2)C1=O. The van der Waals surface area contributed by atoms with Gasteiger partial charge in [-0.05, 0) is 36.6 Å². The fourth-order valence-corrected chi connectivity index (χ4v) is 2.44. The van der Waals surface area contributed by atoms with E-state index in [-0.39, 0.29) is 11.6 Å². The van der Waals surface area contributed by atoms with Gasteiger partial charge in [0, 0.05) is 5.69 Å². The number of imide groups is 1. The molecule has 1 aliphatic heterocycles. The summed E-state index contributed by atoms with van der Waals surface area (Å²) in [6, 6.07) is 2.57. The molecule has 1 aromatic rings. The number of nitrogens with one attached hydrogen (secondary N) is 2. The Bertz CT molecular complexity index is 671. The van der Waals surface area contributed by atoms with Gasteiger partial charge in [0.25, 0.3) is 5.91 Å². The Kier molecular flexibility index (Phi) is 5.34. The number of hydrogen-bond donors (Lipinski definition) is 2. The van der Waals surface area contributed by atoms with Gasteiger partial charge in [0.1, 0.15) is 12.6 Å². The maximum absolute atomic E-state index is 12.5. The maximum atomic E-state index is 12.5. The summed E-state index contributed by atoms with van der Waals surface area (Å²) in [4.78, 5) is 36.7. The molecular weight excluding hydrogens is 339 g/mol. The second kappa shape index (κ2) is 7.12. The van der Waals surface area contributed by atoms with E-state index in [1.54, 1.807) is 0 Å². The molecule has 1 aromatic carbocycles. The summed E-state index contributed by atoms with van der Waals surface area (Å²) in [7, 11) is 0. The highest BCUT2D eigenvalue weighted by molar-refractivity contribution is 6.07. The zero-order chi connectivity index (χ0) is 18.8. The molecule has 1 aliphatic rings. The number of urea groups is 1. The summed E-state index contributed by atoms with van der Waals surface area (Å²) in [5.74, 6) is -0.968. The van der Waals surface area contributed by atoms with Crippen LogP contribution in [-0.4, -0.2) is 35.3 Å². The average Bonchev–Trinajstić information content (AvgIpc) is 2.74. The van der Waals surface area contributed by atoms with Crippen molar-refractivity contribution in [1.82, 2.24) is 10.2 Å². The highest BCUT2D eigenvalue weighted by Gasteiger charge is 2.39. The number of carbonyl (C=O) groups excluding carboxylic acids is 3. The van der Waals surface area contributed by atoms with Crippen molar-refractivity contribution in [2.45, 2.75) is 32.5 Å². The first kappa shape index (κ1) is 18.8. The fraction of sp³-hybridized carbons (Fsp3) is 0.438. The van der Waals surface area contributed by atoms with E-state index in [0.717, 1.165) is 29.2 Å². The molecule has 136 valence electrons. The average molecular weight is 357 g/mol. The molecule has 6 nitrogen and oxygen atoms in total. The number of alkyl halides is 3. The lowest BCUT2D eigenvalue weighted by Crippen LogP contribution is -2.38. The molecule has 2 rings (SSSR count). The van der Waals surface area contributed by atoms with E-state index in [9.17, 15) is 27.6 Å². The topological polar surface area (TPSA) is 78.5 Å². The largest absolute Gasteiger partial charge is 0.416 e. The maximum Gasteiger partial charge on any atom is 0.416 e. The van der Waals surface area contributed by atoms with E-state index in [0.29, 0.717) is 6.42 Å². The van der Waals surface area contributed by atoms with Gasteiger partial charge in [-0.15, -0.1) is 0 Å². The quantitative estimate of drug-likeness (QED) is 0.795. The minimum atomic E-state index is -4.46. The lowest BCUT2D eigenvalue weighted by Gasteiger charge is -2.14. The number of amides is 4. The van der Waals surface area contributed by atoms with Gasteiger partial charge in [-0.25, -0.2) is 4.79 Å². The molecule has 25 heavy (non-hydrogen) atoms. The van der Waals surface area contributed by atoms with Gasteiger partial charge >= 0.3 is 12.2 Å². The Morgan fingerprint density at radius 3 is 2.36 bits per heavy atom. The van der Waals surface area contributed by atoms with Crippen LogP contribution in [0, 0.1) is 5.92 Å². The molecule has 1 unspecified atom stereocenters. The summed E-state index contributed by atoms with van der Waals surface area (Å²) in [5.41, 5.74) is -0.695. The first-order valence-corrected chi connectivity index (χ1v) is 7.67. The Morgan fingerprint density at radius 1 is 1.24 bits per heavy atom. The Labute approximate surface area is 142 Å². The van der Waals surface area contributed by atoms with Crippen LogP contribution in [0.5, 0.6) is 0 Å². The molecule has 4 amide bonds. The first-order valence-electron chi connectivity index (χ1n) is 7.67. The molecule has 9 heteroatoms. The molecule has 1 atom stereocenters. The van der Waals surface area contributed by atoms with E-state index in [1.165, 1.54) is 0 Å². The second-order valence-electron chi connectivity index (χ2n) is 6.18. The standard InChI is InChI=1S/C16H18F3N3O3/c1-9(2)7-12-14(24)22(15(25)21-12)8-13(23)20-11-5-3-10(4-6-11)16(17,18)19/h3-6,9,12H,7-8H2,1-2H3,(H,20,23)(H,21,25). The molecule has 0 radical (unpaired) electrons. The summed E-state index contributed by atoms with van der Waals surface area (Å²) < 4.78 is 37.5. The third-order valence-corrected chi connectivity index (χ3v) is 3.61. The van der Waals surface area contributed by atoms with Crippen molar-refractivity contribution in [1.29, 1.82) is 0 Å². The molecule has 0 aliphatic carbocycles. The molecule has 0 saturated carbocycles. The number of anilines is 1. The van der Waals surface area contributed by atoms with Crippen LogP contribution in [0.25, 0.3) is 0 Å². The summed E-state index contributed by atoms with van der Waals surface area (Å²) in [6.07, 6.45) is -4.00. The summed E-state index contributed by atoms with van der Waals surface area (Å²) in [6.45, 7) is 3.30. The number of carbonyl (C=O) groups is 3. The Morgan fingerprint density at radius 2 is 1.84 bits per heavy atom. The normalized spacial score (nSPS) is 17.8. The molecule has 1 saturated heterocycles. The second-order valence-corrected chi connectivity index (χ2v) is 6.18. The minimum Gasteiger partial charge on any atom is -0.326 e. The van der Waals surface area contributed by atoms with Crippen molar-refractivity contribution >= 4 is 23.5 Å². The lowest BCUT2D eigenvalue weighted by molar-refractivity contribution is -0.137. The van der Waals surface area contributed by atoms with E-state index >= 15 is 0 Å². The smallest absolute Gasteiger partial charge is 0.326 e.